The summed E-state index contributed by atoms with van der Waals surface area (Å²) in [6.45, 7) is -0.745. The Morgan fingerprint density at radius 3 is 2.34 bits per heavy atom. The molecule has 1 aliphatic heterocycles. The third-order valence-electron chi connectivity index (χ3n) is 5.69. The number of anilines is 1. The van der Waals surface area contributed by atoms with Crippen molar-refractivity contribution in [1.82, 2.24) is 4.72 Å². The van der Waals surface area contributed by atoms with Gasteiger partial charge in [-0.25, -0.2) is 13.4 Å². The minimum Gasteiger partial charge on any atom is -0.506 e. The molecule has 3 rings (SSSR count). The topological polar surface area (TPSA) is 86.7 Å². The third kappa shape index (κ3) is 4.89. The van der Waals surface area contributed by atoms with E-state index in [9.17, 15) is 44.7 Å². The van der Waals surface area contributed by atoms with Crippen LogP contribution in [0.2, 0.25) is 0 Å². The summed E-state index contributed by atoms with van der Waals surface area (Å²) >= 11 is 0. The van der Waals surface area contributed by atoms with Gasteiger partial charge in [0, 0.05) is 0 Å². The Balaban J connectivity index is 1.76. The molecular weight excluding hydrogens is 473 g/mol. The van der Waals surface area contributed by atoms with Gasteiger partial charge >= 0.3 is 22.6 Å². The molecular formula is C18H19F7N2O4S. The Bertz CT molecular complexity index is 994. The lowest BCUT2D eigenvalue weighted by atomic mass is 9.80. The van der Waals surface area contributed by atoms with Crippen LogP contribution in [0.1, 0.15) is 36.8 Å². The van der Waals surface area contributed by atoms with Crippen LogP contribution in [-0.2, 0) is 27.8 Å². The van der Waals surface area contributed by atoms with E-state index in [0.29, 0.717) is 16.3 Å². The molecule has 0 aromatic heterocycles. The van der Waals surface area contributed by atoms with Gasteiger partial charge in [-0.2, -0.15) is 34.8 Å². The van der Waals surface area contributed by atoms with Gasteiger partial charge in [-0.1, -0.05) is 12.8 Å². The van der Waals surface area contributed by atoms with Gasteiger partial charge < -0.3 is 5.11 Å². The molecule has 1 amide bonds. The number of nitrogens with one attached hydrogen (secondary N) is 1. The Morgan fingerprint density at radius 1 is 1.19 bits per heavy atom. The van der Waals surface area contributed by atoms with E-state index >= 15 is 4.39 Å². The normalized spacial score (nSPS) is 21.1. The number of benzene rings is 1. The van der Waals surface area contributed by atoms with Crippen molar-refractivity contribution in [3.8, 4) is 5.75 Å². The van der Waals surface area contributed by atoms with E-state index in [4.69, 9.17) is 0 Å². The van der Waals surface area contributed by atoms with Crippen molar-refractivity contribution in [3.63, 3.8) is 0 Å². The first-order valence-electron chi connectivity index (χ1n) is 9.61. The van der Waals surface area contributed by atoms with Crippen LogP contribution >= 0.6 is 0 Å². The fourth-order valence-corrected chi connectivity index (χ4v) is 5.33. The quantitative estimate of drug-likeness (QED) is 0.614. The van der Waals surface area contributed by atoms with E-state index in [0.717, 1.165) is 6.07 Å². The minimum atomic E-state index is -5.41. The summed E-state index contributed by atoms with van der Waals surface area (Å²) < 4.78 is 117. The van der Waals surface area contributed by atoms with E-state index < -0.39 is 70.5 Å². The molecule has 1 aromatic rings. The third-order valence-corrected chi connectivity index (χ3v) is 7.07. The van der Waals surface area contributed by atoms with Crippen LogP contribution in [0, 0.1) is 17.7 Å². The number of rotatable bonds is 5. The van der Waals surface area contributed by atoms with Gasteiger partial charge in [0.1, 0.15) is 18.0 Å². The second kappa shape index (κ2) is 8.27. The predicted molar refractivity (Wildman–Crippen MR) is 97.4 cm³/mol. The second-order valence-corrected chi connectivity index (χ2v) is 9.50. The molecule has 0 saturated carbocycles. The van der Waals surface area contributed by atoms with Gasteiger partial charge in [0.2, 0.25) is 0 Å². The molecule has 1 fully saturated rings. The Hall–Kier alpha value is -2.25. The van der Waals surface area contributed by atoms with Crippen molar-refractivity contribution in [2.24, 2.45) is 11.8 Å². The molecule has 1 atom stereocenters. The van der Waals surface area contributed by atoms with Crippen LogP contribution in [-0.4, -0.2) is 38.3 Å². The highest BCUT2D eigenvalue weighted by Gasteiger charge is 2.55. The number of halogens is 7. The van der Waals surface area contributed by atoms with Crippen molar-refractivity contribution < 1.29 is 49.1 Å². The summed E-state index contributed by atoms with van der Waals surface area (Å²) in [5, 5.41) is 10.1. The first-order valence-corrected chi connectivity index (χ1v) is 11.0. The van der Waals surface area contributed by atoms with Gasteiger partial charge in [-0.3, -0.25) is 4.79 Å². The van der Waals surface area contributed by atoms with Gasteiger partial charge in [-0.15, -0.1) is 0 Å². The number of aromatic hydroxyl groups is 1. The van der Waals surface area contributed by atoms with Crippen LogP contribution in [0.15, 0.2) is 6.07 Å². The van der Waals surface area contributed by atoms with Crippen molar-refractivity contribution >= 4 is 21.8 Å². The number of carbonyl (C=O) groups is 1. The molecule has 6 nitrogen and oxygen atoms in total. The molecule has 0 radical (unpaired) electrons. The second-order valence-electron chi connectivity index (χ2n) is 7.91. The molecule has 14 heteroatoms. The summed E-state index contributed by atoms with van der Waals surface area (Å²) in [5.74, 6) is -6.57. The number of phenols is 1. The molecule has 2 N–H and O–H groups in total. The smallest absolute Gasteiger partial charge is 0.400 e. The van der Waals surface area contributed by atoms with Gasteiger partial charge in [0.05, 0.1) is 0 Å². The molecule has 1 unspecified atom stereocenters. The maximum Gasteiger partial charge on any atom is 0.400 e. The largest absolute Gasteiger partial charge is 0.506 e. The van der Waals surface area contributed by atoms with Gasteiger partial charge in [0.25, 0.3) is 5.91 Å². The lowest BCUT2D eigenvalue weighted by Gasteiger charge is -2.28. The zero-order chi connectivity index (χ0) is 24.1. The fraction of sp³-hybridized carbons (Fsp3) is 0.611. The fourth-order valence-electron chi connectivity index (χ4n) is 4.16. The Morgan fingerprint density at radius 2 is 1.81 bits per heavy atom. The van der Waals surface area contributed by atoms with Crippen LogP contribution in [0.5, 0.6) is 5.75 Å². The van der Waals surface area contributed by atoms with E-state index in [2.05, 4.69) is 0 Å². The minimum absolute atomic E-state index is 0.0141. The number of aryl methyl sites for hydroxylation is 1. The van der Waals surface area contributed by atoms with Crippen molar-refractivity contribution in [2.75, 3.05) is 10.8 Å². The molecule has 0 bridgehead atoms. The molecule has 32 heavy (non-hydrogen) atoms. The highest BCUT2D eigenvalue weighted by atomic mass is 32.2. The van der Waals surface area contributed by atoms with Crippen molar-refractivity contribution in [1.29, 1.82) is 0 Å². The molecule has 1 saturated heterocycles. The molecule has 1 heterocycles. The van der Waals surface area contributed by atoms with Gasteiger partial charge in [0.15, 0.2) is 11.7 Å². The summed E-state index contributed by atoms with van der Waals surface area (Å²) in [6, 6.07) is 1.16. The van der Waals surface area contributed by atoms with Crippen LogP contribution < -0.4 is 9.03 Å². The Kier molecular flexibility index (Phi) is 6.30. The molecule has 2 aliphatic rings. The summed E-state index contributed by atoms with van der Waals surface area (Å²) in [4.78, 5) is 11.4. The number of fused-ring (bicyclic) bond motifs is 1. The van der Waals surface area contributed by atoms with Gasteiger partial charge in [-0.05, 0) is 48.8 Å². The maximum absolute atomic E-state index is 15.2. The summed E-state index contributed by atoms with van der Waals surface area (Å²) in [5.41, 5.74) is -0.344. The molecule has 0 spiro atoms. The monoisotopic (exact) mass is 492 g/mol. The van der Waals surface area contributed by atoms with Crippen LogP contribution in [0.3, 0.4) is 0 Å². The van der Waals surface area contributed by atoms with E-state index in [1.165, 1.54) is 0 Å². The molecule has 180 valence electrons. The zero-order valence-corrected chi connectivity index (χ0v) is 17.2. The predicted octanol–water partition coefficient (Wildman–Crippen LogP) is 3.73. The van der Waals surface area contributed by atoms with Crippen molar-refractivity contribution in [3.05, 3.63) is 23.0 Å². The number of amides is 1. The van der Waals surface area contributed by atoms with Crippen molar-refractivity contribution in [2.45, 2.75) is 50.9 Å². The number of phenolic OH excluding ortho intramolecular Hbond substituents is 1. The highest BCUT2D eigenvalue weighted by molar-refractivity contribution is 7.92. The molecule has 1 aliphatic carbocycles. The average molecular weight is 492 g/mol. The van der Waals surface area contributed by atoms with E-state index in [1.807, 2.05) is 0 Å². The average Bonchev–Trinajstić information content (AvgIpc) is 2.89. The first-order chi connectivity index (χ1) is 14.6. The lowest BCUT2D eigenvalue weighted by molar-refractivity contribution is -0.286. The number of nitrogens with zero attached hydrogens (tertiary/aromatic N) is 1. The van der Waals surface area contributed by atoms with Crippen LogP contribution in [0.4, 0.5) is 36.4 Å². The van der Waals surface area contributed by atoms with E-state index in [-0.39, 0.29) is 31.2 Å². The number of hydrogen-bond acceptors (Lipinski definition) is 4. The highest BCUT2D eigenvalue weighted by Crippen LogP contribution is 2.44. The SMILES string of the molecule is O=C1CN(c2c(O)cc3c(c2F)CC(CCCC(C(F)(F)F)C(F)(F)F)CC3)S(=O)(=O)N1. The first kappa shape index (κ1) is 24.4. The lowest BCUT2D eigenvalue weighted by Crippen LogP contribution is -2.36. The molecule has 1 aromatic carbocycles. The standard InChI is InChI=1S/C18H19F7N2O4S/c19-15-11-6-9(2-1-3-13(17(20,21)22)18(23,24)25)4-5-10(11)7-12(28)16(15)27-8-14(29)26-32(27,30)31/h7,9,13,28H,1-6,8H2,(H,26,29). The van der Waals surface area contributed by atoms with Crippen LogP contribution in [0.25, 0.3) is 0 Å². The zero-order valence-electron chi connectivity index (χ0n) is 16.4. The maximum atomic E-state index is 15.2. The summed E-state index contributed by atoms with van der Waals surface area (Å²) in [7, 11) is -4.41. The summed E-state index contributed by atoms with van der Waals surface area (Å²) in [6.07, 6.45) is -11.8. The Labute approximate surface area is 178 Å². The number of alkyl halides is 6. The van der Waals surface area contributed by atoms with E-state index in [1.54, 1.807) is 4.72 Å². The number of hydrogen-bond donors (Lipinski definition) is 2. The number of carbonyl (C=O) groups excluding carboxylic acids is 1.